The van der Waals surface area contributed by atoms with Crippen molar-refractivity contribution in [2.45, 2.75) is 13.0 Å². The Kier molecular flexibility index (Phi) is 2.91. The fraction of sp³-hybridized carbons (Fsp3) is 0.143. The predicted molar refractivity (Wildman–Crippen MR) is 74.4 cm³/mol. The molecule has 0 spiro atoms. The fourth-order valence-corrected chi connectivity index (χ4v) is 3.23. The van der Waals surface area contributed by atoms with E-state index in [1.165, 1.54) is 15.6 Å². The van der Waals surface area contributed by atoms with Crippen LogP contribution >= 0.6 is 11.3 Å². The number of hydrazine groups is 1. The summed E-state index contributed by atoms with van der Waals surface area (Å²) in [4.78, 5) is 0. The minimum atomic E-state index is -0.0360. The molecule has 0 bridgehead atoms. The molecule has 1 unspecified atom stereocenters. The summed E-state index contributed by atoms with van der Waals surface area (Å²) in [5, 5.41) is 3.35. The van der Waals surface area contributed by atoms with Crippen LogP contribution in [0.3, 0.4) is 0 Å². The molecule has 0 amide bonds. The number of nitrogens with two attached hydrogens (primary N) is 1. The van der Waals surface area contributed by atoms with Crippen molar-refractivity contribution >= 4 is 21.4 Å². The summed E-state index contributed by atoms with van der Waals surface area (Å²) in [6, 6.07) is 10.3. The number of fused-ring (bicyclic) bond motifs is 1. The highest BCUT2D eigenvalue weighted by Gasteiger charge is 2.19. The monoisotopic (exact) mass is 258 g/mol. The minimum Gasteiger partial charge on any atom is -0.469 e. The van der Waals surface area contributed by atoms with E-state index in [9.17, 15) is 0 Å². The summed E-state index contributed by atoms with van der Waals surface area (Å²) < 4.78 is 6.64. The molecule has 3 rings (SSSR count). The molecule has 0 saturated heterocycles. The van der Waals surface area contributed by atoms with E-state index >= 15 is 0 Å². The van der Waals surface area contributed by atoms with Gasteiger partial charge in [0.05, 0.1) is 12.3 Å². The van der Waals surface area contributed by atoms with E-state index in [4.69, 9.17) is 10.3 Å². The second-order valence-corrected chi connectivity index (χ2v) is 5.13. The van der Waals surface area contributed by atoms with Crippen LogP contribution in [0.2, 0.25) is 0 Å². The first kappa shape index (κ1) is 11.5. The van der Waals surface area contributed by atoms with Gasteiger partial charge in [0.25, 0.3) is 0 Å². The van der Waals surface area contributed by atoms with Crippen LogP contribution in [0.5, 0.6) is 0 Å². The molecule has 3 aromatic rings. The van der Waals surface area contributed by atoms with Gasteiger partial charge in [0, 0.05) is 10.3 Å². The Morgan fingerprint density at radius 2 is 2.11 bits per heavy atom. The van der Waals surface area contributed by atoms with E-state index in [0.29, 0.717) is 0 Å². The average Bonchev–Trinajstić information content (AvgIpc) is 3.00. The Bertz CT molecular complexity index is 671. The van der Waals surface area contributed by atoms with Gasteiger partial charge in [0.2, 0.25) is 0 Å². The number of furan rings is 1. The first-order valence-electron chi connectivity index (χ1n) is 5.77. The quantitative estimate of drug-likeness (QED) is 0.559. The second kappa shape index (κ2) is 4.57. The van der Waals surface area contributed by atoms with Crippen LogP contribution in [0.25, 0.3) is 10.1 Å². The molecule has 92 valence electrons. The molecule has 0 aliphatic rings. The van der Waals surface area contributed by atoms with Crippen molar-refractivity contribution in [2.24, 2.45) is 5.84 Å². The molecule has 3 nitrogen and oxygen atoms in total. The lowest BCUT2D eigenvalue weighted by Gasteiger charge is -2.16. The van der Waals surface area contributed by atoms with E-state index < -0.39 is 0 Å². The zero-order valence-electron chi connectivity index (χ0n) is 10.0. The number of hydrogen-bond donors (Lipinski definition) is 2. The van der Waals surface area contributed by atoms with Gasteiger partial charge in [-0.2, -0.15) is 0 Å². The summed E-state index contributed by atoms with van der Waals surface area (Å²) in [5.41, 5.74) is 5.16. The zero-order valence-corrected chi connectivity index (χ0v) is 10.8. The van der Waals surface area contributed by atoms with Gasteiger partial charge in [0.1, 0.15) is 5.76 Å². The molecule has 4 heteroatoms. The highest BCUT2D eigenvalue weighted by molar-refractivity contribution is 7.17. The first-order chi connectivity index (χ1) is 8.81. The lowest BCUT2D eigenvalue weighted by molar-refractivity contribution is 0.520. The van der Waals surface area contributed by atoms with Gasteiger partial charge in [-0.15, -0.1) is 11.3 Å². The van der Waals surface area contributed by atoms with Gasteiger partial charge < -0.3 is 4.42 Å². The number of benzene rings is 1. The number of thiophene rings is 1. The molecular weight excluding hydrogens is 244 g/mol. The standard InChI is InChI=1S/C14H14N2OS/c1-9-11(5-7-17-9)13(16-15)12-4-2-3-10-6-8-18-14(10)12/h2-8,13,16H,15H2,1H3. The van der Waals surface area contributed by atoms with Gasteiger partial charge in [-0.3, -0.25) is 5.84 Å². The van der Waals surface area contributed by atoms with Crippen molar-refractivity contribution in [2.75, 3.05) is 0 Å². The van der Waals surface area contributed by atoms with Crippen molar-refractivity contribution in [1.82, 2.24) is 5.43 Å². The molecule has 1 aromatic carbocycles. The van der Waals surface area contributed by atoms with Crippen LogP contribution in [-0.2, 0) is 0 Å². The SMILES string of the molecule is Cc1occc1C(NN)c1cccc2ccsc12. The van der Waals surface area contributed by atoms with Crippen molar-refractivity contribution in [3.05, 3.63) is 58.9 Å². The highest BCUT2D eigenvalue weighted by Crippen LogP contribution is 2.33. The summed E-state index contributed by atoms with van der Waals surface area (Å²) in [6.45, 7) is 1.95. The predicted octanol–water partition coefficient (Wildman–Crippen LogP) is 3.36. The number of aryl methyl sites for hydroxylation is 1. The van der Waals surface area contributed by atoms with Gasteiger partial charge >= 0.3 is 0 Å². The van der Waals surface area contributed by atoms with Gasteiger partial charge in [0.15, 0.2) is 0 Å². The lowest BCUT2D eigenvalue weighted by atomic mass is 9.99. The normalized spacial score (nSPS) is 13.0. The molecule has 0 aliphatic heterocycles. The Balaban J connectivity index is 2.17. The Morgan fingerprint density at radius 3 is 2.83 bits per heavy atom. The first-order valence-corrected chi connectivity index (χ1v) is 6.65. The molecule has 0 saturated carbocycles. The maximum atomic E-state index is 5.74. The maximum absolute atomic E-state index is 5.74. The van der Waals surface area contributed by atoms with Crippen LogP contribution < -0.4 is 11.3 Å². The fourth-order valence-electron chi connectivity index (χ4n) is 2.28. The molecule has 0 aliphatic carbocycles. The van der Waals surface area contributed by atoms with Crippen molar-refractivity contribution in [1.29, 1.82) is 0 Å². The third kappa shape index (κ3) is 1.75. The minimum absolute atomic E-state index is 0.0360. The highest BCUT2D eigenvalue weighted by atomic mass is 32.1. The molecule has 2 aromatic heterocycles. The third-order valence-electron chi connectivity index (χ3n) is 3.20. The van der Waals surface area contributed by atoms with Crippen molar-refractivity contribution in [3.8, 4) is 0 Å². The number of nitrogens with one attached hydrogen (secondary N) is 1. The van der Waals surface area contributed by atoms with Crippen LogP contribution in [0.15, 0.2) is 46.4 Å². The summed E-state index contributed by atoms with van der Waals surface area (Å²) in [6.07, 6.45) is 1.70. The average molecular weight is 258 g/mol. The van der Waals surface area contributed by atoms with Crippen LogP contribution in [0.4, 0.5) is 0 Å². The third-order valence-corrected chi connectivity index (χ3v) is 4.18. The van der Waals surface area contributed by atoms with Crippen LogP contribution in [-0.4, -0.2) is 0 Å². The van der Waals surface area contributed by atoms with Crippen LogP contribution in [0.1, 0.15) is 22.9 Å². The second-order valence-electron chi connectivity index (χ2n) is 4.22. The molecule has 18 heavy (non-hydrogen) atoms. The van der Waals surface area contributed by atoms with Gasteiger partial charge in [-0.1, -0.05) is 18.2 Å². The van der Waals surface area contributed by atoms with E-state index in [0.717, 1.165) is 11.3 Å². The van der Waals surface area contributed by atoms with Crippen molar-refractivity contribution in [3.63, 3.8) is 0 Å². The van der Waals surface area contributed by atoms with E-state index in [-0.39, 0.29) is 6.04 Å². The Labute approximate surface area is 109 Å². The number of hydrogen-bond acceptors (Lipinski definition) is 4. The maximum Gasteiger partial charge on any atom is 0.105 e. The summed E-state index contributed by atoms with van der Waals surface area (Å²) in [7, 11) is 0. The van der Waals surface area contributed by atoms with Gasteiger partial charge in [-0.25, -0.2) is 5.43 Å². The molecule has 0 fully saturated rings. The molecule has 2 heterocycles. The van der Waals surface area contributed by atoms with Crippen molar-refractivity contribution < 1.29 is 4.42 Å². The largest absolute Gasteiger partial charge is 0.469 e. The Hall–Kier alpha value is -1.62. The summed E-state index contributed by atoms with van der Waals surface area (Å²) >= 11 is 1.73. The van der Waals surface area contributed by atoms with E-state index in [1.807, 2.05) is 13.0 Å². The smallest absolute Gasteiger partial charge is 0.105 e. The van der Waals surface area contributed by atoms with E-state index in [1.54, 1.807) is 17.6 Å². The molecule has 1 atom stereocenters. The summed E-state index contributed by atoms with van der Waals surface area (Å²) in [5.74, 6) is 6.63. The number of rotatable bonds is 3. The lowest BCUT2D eigenvalue weighted by Crippen LogP contribution is -2.29. The topological polar surface area (TPSA) is 51.2 Å². The van der Waals surface area contributed by atoms with E-state index in [2.05, 4.69) is 35.1 Å². The zero-order chi connectivity index (χ0) is 12.5. The Morgan fingerprint density at radius 1 is 1.22 bits per heavy atom. The van der Waals surface area contributed by atoms with Gasteiger partial charge in [-0.05, 0) is 35.4 Å². The van der Waals surface area contributed by atoms with Crippen LogP contribution in [0, 0.1) is 6.92 Å². The molecular formula is C14H14N2OS. The molecule has 3 N–H and O–H groups in total. The molecule has 0 radical (unpaired) electrons.